The van der Waals surface area contributed by atoms with E-state index in [0.717, 1.165) is 5.56 Å². The molecule has 0 aliphatic rings. The summed E-state index contributed by atoms with van der Waals surface area (Å²) < 4.78 is 18.2. The summed E-state index contributed by atoms with van der Waals surface area (Å²) in [5.74, 6) is 0.344. The molecule has 0 bridgehead atoms. The van der Waals surface area contributed by atoms with Gasteiger partial charge in [0.25, 0.3) is 5.91 Å². The van der Waals surface area contributed by atoms with E-state index in [1.807, 2.05) is 44.2 Å². The van der Waals surface area contributed by atoms with Gasteiger partial charge >= 0.3 is 5.97 Å². The van der Waals surface area contributed by atoms with E-state index >= 15 is 0 Å². The van der Waals surface area contributed by atoms with E-state index in [0.29, 0.717) is 23.9 Å². The van der Waals surface area contributed by atoms with Crippen LogP contribution in [0, 0.1) is 0 Å². The number of benzene rings is 2. The summed E-state index contributed by atoms with van der Waals surface area (Å²) in [5.41, 5.74) is 1.26. The van der Waals surface area contributed by atoms with E-state index in [9.17, 15) is 9.59 Å². The average molecular weight is 437 g/mol. The lowest BCUT2D eigenvalue weighted by molar-refractivity contribution is -0.123. The standard InChI is InChI=1S/C24H27N3O5/c1-16(2)27-22(12-13-25-27)26-23(28)17(3)32-24(29)19-10-11-20(21(14-19)30-4)31-15-18-8-6-5-7-9-18/h5-14,16-17H,15H2,1-4H3,(H,26,28). The number of hydrogen-bond acceptors (Lipinski definition) is 6. The van der Waals surface area contributed by atoms with E-state index in [1.54, 1.807) is 29.1 Å². The smallest absolute Gasteiger partial charge is 0.339 e. The second kappa shape index (κ2) is 10.5. The van der Waals surface area contributed by atoms with Crippen molar-refractivity contribution < 1.29 is 23.8 Å². The molecule has 0 saturated heterocycles. The number of esters is 1. The van der Waals surface area contributed by atoms with Gasteiger partial charge in [-0.1, -0.05) is 30.3 Å². The second-order valence-electron chi connectivity index (χ2n) is 7.43. The maximum Gasteiger partial charge on any atom is 0.339 e. The van der Waals surface area contributed by atoms with Gasteiger partial charge in [-0.2, -0.15) is 5.10 Å². The highest BCUT2D eigenvalue weighted by atomic mass is 16.5. The topological polar surface area (TPSA) is 91.7 Å². The maximum atomic E-state index is 12.6. The molecule has 2 aromatic carbocycles. The molecule has 1 unspecified atom stereocenters. The molecule has 0 aliphatic heterocycles. The lowest BCUT2D eigenvalue weighted by atomic mass is 10.2. The predicted molar refractivity (Wildman–Crippen MR) is 120 cm³/mol. The number of hydrogen-bond donors (Lipinski definition) is 1. The van der Waals surface area contributed by atoms with Crippen LogP contribution in [0.25, 0.3) is 0 Å². The molecule has 32 heavy (non-hydrogen) atoms. The Kier molecular flexibility index (Phi) is 7.49. The van der Waals surface area contributed by atoms with Gasteiger partial charge in [0, 0.05) is 12.1 Å². The Bertz CT molecular complexity index is 1060. The number of anilines is 1. The molecule has 1 aromatic heterocycles. The number of rotatable bonds is 9. The van der Waals surface area contributed by atoms with Crippen molar-refractivity contribution in [2.75, 3.05) is 12.4 Å². The summed E-state index contributed by atoms with van der Waals surface area (Å²) in [6.45, 7) is 5.78. The number of aromatic nitrogens is 2. The first-order chi connectivity index (χ1) is 15.4. The van der Waals surface area contributed by atoms with E-state index in [1.165, 1.54) is 20.1 Å². The Morgan fingerprint density at radius 3 is 2.47 bits per heavy atom. The molecule has 3 aromatic rings. The minimum absolute atomic E-state index is 0.0771. The summed E-state index contributed by atoms with van der Waals surface area (Å²) in [6, 6.07) is 16.2. The molecule has 168 valence electrons. The van der Waals surface area contributed by atoms with E-state index in [4.69, 9.17) is 14.2 Å². The van der Waals surface area contributed by atoms with Crippen molar-refractivity contribution in [3.05, 3.63) is 71.9 Å². The zero-order valence-corrected chi connectivity index (χ0v) is 18.6. The van der Waals surface area contributed by atoms with Gasteiger partial charge in [0.1, 0.15) is 12.4 Å². The molecule has 8 nitrogen and oxygen atoms in total. The summed E-state index contributed by atoms with van der Waals surface area (Å²) in [5, 5.41) is 6.90. The molecule has 1 heterocycles. The lowest BCUT2D eigenvalue weighted by Crippen LogP contribution is -2.31. The van der Waals surface area contributed by atoms with Crippen LogP contribution in [-0.4, -0.2) is 34.9 Å². The third-order valence-corrected chi connectivity index (χ3v) is 4.70. The molecule has 1 N–H and O–H groups in total. The average Bonchev–Trinajstić information content (AvgIpc) is 3.26. The van der Waals surface area contributed by atoms with Crippen LogP contribution < -0.4 is 14.8 Å². The zero-order valence-electron chi connectivity index (χ0n) is 18.6. The minimum Gasteiger partial charge on any atom is -0.493 e. The van der Waals surface area contributed by atoms with Gasteiger partial charge in [0.05, 0.1) is 18.9 Å². The van der Waals surface area contributed by atoms with Crippen molar-refractivity contribution in [2.45, 2.75) is 39.5 Å². The normalized spacial score (nSPS) is 11.7. The van der Waals surface area contributed by atoms with Crippen LogP contribution in [0.3, 0.4) is 0 Å². The fraction of sp³-hybridized carbons (Fsp3) is 0.292. The highest BCUT2D eigenvalue weighted by molar-refractivity contribution is 5.97. The summed E-state index contributed by atoms with van der Waals surface area (Å²) in [7, 11) is 1.49. The largest absolute Gasteiger partial charge is 0.493 e. The third kappa shape index (κ3) is 5.66. The third-order valence-electron chi connectivity index (χ3n) is 4.70. The first kappa shape index (κ1) is 22.9. The van der Waals surface area contributed by atoms with Crippen LogP contribution >= 0.6 is 0 Å². The molecule has 0 saturated carbocycles. The lowest BCUT2D eigenvalue weighted by Gasteiger charge is -2.16. The minimum atomic E-state index is -1.00. The number of amides is 1. The van der Waals surface area contributed by atoms with Gasteiger partial charge in [-0.05, 0) is 44.5 Å². The Labute approximate surface area is 187 Å². The number of carbonyl (C=O) groups excluding carboxylic acids is 2. The van der Waals surface area contributed by atoms with E-state index in [-0.39, 0.29) is 11.6 Å². The van der Waals surface area contributed by atoms with Crippen LogP contribution in [-0.2, 0) is 16.1 Å². The summed E-state index contributed by atoms with van der Waals surface area (Å²) >= 11 is 0. The highest BCUT2D eigenvalue weighted by Gasteiger charge is 2.21. The first-order valence-electron chi connectivity index (χ1n) is 10.3. The molecule has 1 amide bonds. The Balaban J connectivity index is 1.62. The van der Waals surface area contributed by atoms with Crippen molar-refractivity contribution in [2.24, 2.45) is 0 Å². The SMILES string of the molecule is COc1cc(C(=O)OC(C)C(=O)Nc2ccnn2C(C)C)ccc1OCc1ccccc1. The molecule has 3 rings (SSSR count). The molecule has 1 atom stereocenters. The molecule has 8 heteroatoms. The van der Waals surface area contributed by atoms with Gasteiger partial charge in [0.15, 0.2) is 17.6 Å². The Morgan fingerprint density at radius 2 is 1.78 bits per heavy atom. The molecule has 0 radical (unpaired) electrons. The number of methoxy groups -OCH3 is 1. The van der Waals surface area contributed by atoms with Gasteiger partial charge < -0.3 is 19.5 Å². The Hall–Kier alpha value is -3.81. The van der Waals surface area contributed by atoms with Gasteiger partial charge in [0.2, 0.25) is 0 Å². The van der Waals surface area contributed by atoms with E-state index in [2.05, 4.69) is 10.4 Å². The van der Waals surface area contributed by atoms with Crippen molar-refractivity contribution in [1.82, 2.24) is 9.78 Å². The van der Waals surface area contributed by atoms with Crippen molar-refractivity contribution in [3.63, 3.8) is 0 Å². The van der Waals surface area contributed by atoms with Crippen LogP contribution in [0.5, 0.6) is 11.5 Å². The van der Waals surface area contributed by atoms with Gasteiger partial charge in [-0.25, -0.2) is 9.48 Å². The monoisotopic (exact) mass is 437 g/mol. The van der Waals surface area contributed by atoms with Crippen LogP contribution in [0.2, 0.25) is 0 Å². The molecule has 0 fully saturated rings. The number of nitrogens with zero attached hydrogens (tertiary/aromatic N) is 2. The fourth-order valence-corrected chi connectivity index (χ4v) is 2.98. The first-order valence-corrected chi connectivity index (χ1v) is 10.3. The number of carbonyl (C=O) groups is 2. The van der Waals surface area contributed by atoms with Crippen molar-refractivity contribution >= 4 is 17.7 Å². The number of ether oxygens (including phenoxy) is 3. The summed E-state index contributed by atoms with van der Waals surface area (Å²) in [4.78, 5) is 25.1. The maximum absolute atomic E-state index is 12.6. The summed E-state index contributed by atoms with van der Waals surface area (Å²) in [6.07, 6.45) is 0.595. The van der Waals surface area contributed by atoms with Crippen molar-refractivity contribution in [1.29, 1.82) is 0 Å². The second-order valence-corrected chi connectivity index (χ2v) is 7.43. The molecular weight excluding hydrogens is 410 g/mol. The van der Waals surface area contributed by atoms with Crippen LogP contribution in [0.1, 0.15) is 42.7 Å². The zero-order chi connectivity index (χ0) is 23.1. The van der Waals surface area contributed by atoms with Crippen LogP contribution in [0.4, 0.5) is 5.82 Å². The van der Waals surface area contributed by atoms with Gasteiger partial charge in [-0.15, -0.1) is 0 Å². The molecule has 0 aliphatic carbocycles. The van der Waals surface area contributed by atoms with Crippen molar-refractivity contribution in [3.8, 4) is 11.5 Å². The fourth-order valence-electron chi connectivity index (χ4n) is 2.98. The van der Waals surface area contributed by atoms with E-state index < -0.39 is 18.0 Å². The predicted octanol–water partition coefficient (Wildman–Crippen LogP) is 4.24. The highest BCUT2D eigenvalue weighted by Crippen LogP contribution is 2.29. The Morgan fingerprint density at radius 1 is 1.03 bits per heavy atom. The number of nitrogens with one attached hydrogen (secondary N) is 1. The van der Waals surface area contributed by atoms with Gasteiger partial charge in [-0.3, -0.25) is 4.79 Å². The van der Waals surface area contributed by atoms with Crippen LogP contribution in [0.15, 0.2) is 60.8 Å². The molecular formula is C24H27N3O5. The molecule has 0 spiro atoms. The quantitative estimate of drug-likeness (QED) is 0.504.